The number of aromatic nitrogens is 1. The number of nitrogen functional groups attached to an aromatic ring is 1. The molecule has 0 unspecified atom stereocenters. The van der Waals surface area contributed by atoms with Crippen molar-refractivity contribution in [2.45, 2.75) is 13.5 Å². The van der Waals surface area contributed by atoms with Crippen LogP contribution in [0.1, 0.15) is 11.3 Å². The number of benzene rings is 1. The van der Waals surface area contributed by atoms with Crippen molar-refractivity contribution in [3.8, 4) is 0 Å². The average molecular weight is 312 g/mol. The topological polar surface area (TPSA) is 94.1 Å². The largest absolute Gasteiger partial charge is 0.391 e. The minimum Gasteiger partial charge on any atom is -0.391 e. The number of nitrogens with zero attached hydrogens (tertiary/aromatic N) is 2. The number of halogens is 3. The Balaban J connectivity index is 2.30. The van der Waals surface area contributed by atoms with E-state index in [0.29, 0.717) is 11.6 Å². The summed E-state index contributed by atoms with van der Waals surface area (Å²) in [5.41, 5.74) is 3.45. The maximum absolute atomic E-state index is 13.9. The Kier molecular flexibility index (Phi) is 4.15. The van der Waals surface area contributed by atoms with Gasteiger partial charge in [-0.1, -0.05) is 0 Å². The Morgan fingerprint density at radius 1 is 1.32 bits per heavy atom. The summed E-state index contributed by atoms with van der Waals surface area (Å²) >= 11 is 0. The zero-order valence-electron chi connectivity index (χ0n) is 11.4. The van der Waals surface area contributed by atoms with Crippen molar-refractivity contribution in [3.05, 3.63) is 57.2 Å². The summed E-state index contributed by atoms with van der Waals surface area (Å²) in [6, 6.07) is 1.72. The Hall–Kier alpha value is -2.84. The van der Waals surface area contributed by atoms with E-state index in [-0.39, 0.29) is 12.2 Å². The number of nitro benzene ring substituents is 1. The fourth-order valence-electron chi connectivity index (χ4n) is 1.80. The molecule has 2 rings (SSSR count). The van der Waals surface area contributed by atoms with Crippen LogP contribution in [0.15, 0.2) is 18.3 Å². The van der Waals surface area contributed by atoms with Crippen LogP contribution >= 0.6 is 0 Å². The number of nitrogens with two attached hydrogens (primary N) is 1. The fraction of sp³-hybridized carbons (Fsp3) is 0.154. The second-order valence-electron chi connectivity index (χ2n) is 4.53. The van der Waals surface area contributed by atoms with Crippen LogP contribution in [0.25, 0.3) is 0 Å². The van der Waals surface area contributed by atoms with Crippen molar-refractivity contribution in [1.82, 2.24) is 4.98 Å². The Bertz CT molecular complexity index is 753. The molecule has 0 atom stereocenters. The molecule has 1 aromatic heterocycles. The molecule has 0 bridgehead atoms. The SMILES string of the molecule is Cc1cnc(CNc2c(F)cc([N+](=O)[O-])c(N)c2F)c(F)c1. The standard InChI is InChI=1S/C13H11F3N4O2/c1-6-2-7(14)9(18-4-6)5-19-13-8(15)3-10(20(21)22)12(17)11(13)16/h2-4,19H,5,17H2,1H3. The van der Waals surface area contributed by atoms with Crippen LogP contribution < -0.4 is 11.1 Å². The molecule has 9 heteroatoms. The van der Waals surface area contributed by atoms with Crippen molar-refractivity contribution in [3.63, 3.8) is 0 Å². The highest BCUT2D eigenvalue weighted by Gasteiger charge is 2.23. The number of nitro groups is 1. The zero-order valence-corrected chi connectivity index (χ0v) is 11.4. The number of hydrogen-bond donors (Lipinski definition) is 2. The summed E-state index contributed by atoms with van der Waals surface area (Å²) < 4.78 is 41.2. The second-order valence-corrected chi connectivity index (χ2v) is 4.53. The highest BCUT2D eigenvalue weighted by molar-refractivity contribution is 5.68. The molecule has 22 heavy (non-hydrogen) atoms. The minimum absolute atomic E-state index is 0.0543. The van der Waals surface area contributed by atoms with E-state index in [0.717, 1.165) is 0 Å². The lowest BCUT2D eigenvalue weighted by Crippen LogP contribution is -2.10. The lowest BCUT2D eigenvalue weighted by Gasteiger charge is -2.11. The summed E-state index contributed by atoms with van der Waals surface area (Å²) in [7, 11) is 0. The molecule has 0 fully saturated rings. The molecule has 0 saturated heterocycles. The van der Waals surface area contributed by atoms with E-state index in [1.165, 1.54) is 12.3 Å². The molecule has 2 aromatic rings. The molecule has 1 aromatic carbocycles. The maximum atomic E-state index is 13.9. The van der Waals surface area contributed by atoms with Gasteiger partial charge in [-0.15, -0.1) is 0 Å². The molecular weight excluding hydrogens is 301 g/mol. The van der Waals surface area contributed by atoms with E-state index in [9.17, 15) is 23.3 Å². The monoisotopic (exact) mass is 312 g/mol. The molecule has 3 N–H and O–H groups in total. The Morgan fingerprint density at radius 3 is 2.59 bits per heavy atom. The molecule has 1 heterocycles. The second kappa shape index (κ2) is 5.88. The van der Waals surface area contributed by atoms with Gasteiger partial charge < -0.3 is 11.1 Å². The molecule has 116 valence electrons. The number of rotatable bonds is 4. The van der Waals surface area contributed by atoms with Crippen LogP contribution in [-0.2, 0) is 6.54 Å². The molecule has 0 aliphatic heterocycles. The normalized spacial score (nSPS) is 10.5. The highest BCUT2D eigenvalue weighted by atomic mass is 19.1. The lowest BCUT2D eigenvalue weighted by molar-refractivity contribution is -0.384. The summed E-state index contributed by atoms with van der Waals surface area (Å²) in [4.78, 5) is 13.4. The van der Waals surface area contributed by atoms with E-state index in [2.05, 4.69) is 10.3 Å². The first-order valence-electron chi connectivity index (χ1n) is 6.08. The first kappa shape index (κ1) is 15.5. The van der Waals surface area contributed by atoms with E-state index < -0.39 is 39.4 Å². The van der Waals surface area contributed by atoms with Gasteiger partial charge in [0, 0.05) is 6.20 Å². The van der Waals surface area contributed by atoms with E-state index in [1.54, 1.807) is 6.92 Å². The van der Waals surface area contributed by atoms with Gasteiger partial charge >= 0.3 is 0 Å². The van der Waals surface area contributed by atoms with Crippen molar-refractivity contribution in [2.24, 2.45) is 0 Å². The van der Waals surface area contributed by atoms with Crippen LogP contribution in [-0.4, -0.2) is 9.91 Å². The Morgan fingerprint density at radius 2 is 2.00 bits per heavy atom. The number of pyridine rings is 1. The number of nitrogens with one attached hydrogen (secondary N) is 1. The van der Waals surface area contributed by atoms with E-state index in [4.69, 9.17) is 5.73 Å². The number of aryl methyl sites for hydroxylation is 1. The first-order valence-corrected chi connectivity index (χ1v) is 6.08. The Labute approximate surface area is 122 Å². The number of anilines is 2. The van der Waals surface area contributed by atoms with Crippen LogP contribution in [0, 0.1) is 34.5 Å². The van der Waals surface area contributed by atoms with Gasteiger partial charge in [0.05, 0.1) is 23.2 Å². The van der Waals surface area contributed by atoms with Crippen molar-refractivity contribution < 1.29 is 18.1 Å². The summed E-state index contributed by atoms with van der Waals surface area (Å²) in [5.74, 6) is -3.15. The summed E-state index contributed by atoms with van der Waals surface area (Å²) in [6.07, 6.45) is 1.40. The van der Waals surface area contributed by atoms with Crippen molar-refractivity contribution in [2.75, 3.05) is 11.1 Å². The zero-order chi connectivity index (χ0) is 16.4. The number of hydrogen-bond acceptors (Lipinski definition) is 5. The van der Waals surface area contributed by atoms with Crippen molar-refractivity contribution >= 4 is 17.1 Å². The van der Waals surface area contributed by atoms with Crippen LogP contribution in [0.2, 0.25) is 0 Å². The molecule has 0 aliphatic carbocycles. The summed E-state index contributed by atoms with van der Waals surface area (Å²) in [6.45, 7) is 1.33. The van der Waals surface area contributed by atoms with Gasteiger partial charge in [-0.05, 0) is 18.6 Å². The predicted octanol–water partition coefficient (Wildman–Crippen LogP) is 2.91. The van der Waals surface area contributed by atoms with Gasteiger partial charge in [-0.3, -0.25) is 15.1 Å². The van der Waals surface area contributed by atoms with Crippen molar-refractivity contribution in [1.29, 1.82) is 0 Å². The smallest absolute Gasteiger partial charge is 0.298 e. The van der Waals surface area contributed by atoms with Gasteiger partial charge in [0.15, 0.2) is 11.6 Å². The third-order valence-corrected chi connectivity index (χ3v) is 2.92. The molecule has 0 amide bonds. The van der Waals surface area contributed by atoms with Gasteiger partial charge in [0.2, 0.25) is 0 Å². The first-order chi connectivity index (χ1) is 10.3. The highest BCUT2D eigenvalue weighted by Crippen LogP contribution is 2.32. The predicted molar refractivity (Wildman–Crippen MR) is 73.7 cm³/mol. The van der Waals surface area contributed by atoms with E-state index >= 15 is 0 Å². The lowest BCUT2D eigenvalue weighted by atomic mass is 10.2. The van der Waals surface area contributed by atoms with Crippen LogP contribution in [0.4, 0.5) is 30.2 Å². The molecule has 6 nitrogen and oxygen atoms in total. The van der Waals surface area contributed by atoms with E-state index in [1.807, 2.05) is 0 Å². The quantitative estimate of drug-likeness (QED) is 0.514. The van der Waals surface area contributed by atoms with Gasteiger partial charge in [-0.25, -0.2) is 13.2 Å². The van der Waals surface area contributed by atoms with Gasteiger partial charge in [0.25, 0.3) is 5.69 Å². The molecule has 0 spiro atoms. The summed E-state index contributed by atoms with van der Waals surface area (Å²) in [5, 5.41) is 12.9. The van der Waals surface area contributed by atoms with Gasteiger partial charge in [0.1, 0.15) is 17.2 Å². The van der Waals surface area contributed by atoms with Gasteiger partial charge in [-0.2, -0.15) is 0 Å². The molecular formula is C13H11F3N4O2. The molecule has 0 aliphatic rings. The third-order valence-electron chi connectivity index (χ3n) is 2.92. The molecule has 0 radical (unpaired) electrons. The minimum atomic E-state index is -1.31. The fourth-order valence-corrected chi connectivity index (χ4v) is 1.80. The van der Waals surface area contributed by atoms with Crippen LogP contribution in [0.5, 0.6) is 0 Å². The van der Waals surface area contributed by atoms with Crippen LogP contribution in [0.3, 0.4) is 0 Å². The maximum Gasteiger partial charge on any atom is 0.298 e. The molecule has 0 saturated carbocycles. The average Bonchev–Trinajstić information content (AvgIpc) is 2.44. The third kappa shape index (κ3) is 2.92.